The Balaban J connectivity index is 1.59. The molecule has 5 rings (SSSR count). The summed E-state index contributed by atoms with van der Waals surface area (Å²) >= 11 is 0. The zero-order valence-electron chi connectivity index (χ0n) is 12.1. The van der Waals surface area contributed by atoms with Gasteiger partial charge in [-0.3, -0.25) is 9.80 Å². The average Bonchev–Trinajstić information content (AvgIpc) is 3.18. The fourth-order valence-electron chi connectivity index (χ4n) is 3.83. The Kier molecular flexibility index (Phi) is 3.05. The van der Waals surface area contributed by atoms with Crippen molar-refractivity contribution in [3.8, 4) is 0 Å². The van der Waals surface area contributed by atoms with Gasteiger partial charge < -0.3 is 9.84 Å². The first-order valence-corrected chi connectivity index (χ1v) is 7.82. The van der Waals surface area contributed by atoms with E-state index in [1.807, 2.05) is 0 Å². The van der Waals surface area contributed by atoms with Gasteiger partial charge in [0.05, 0.1) is 11.5 Å². The average molecular weight is 277 g/mol. The third-order valence-corrected chi connectivity index (χ3v) is 5.39. The summed E-state index contributed by atoms with van der Waals surface area (Å²) in [7, 11) is 0. The molecule has 4 aliphatic heterocycles. The molecule has 2 unspecified atom stereocenters. The summed E-state index contributed by atoms with van der Waals surface area (Å²) in [5.41, 5.74) is 0.0640. The number of rotatable bonds is 3. The van der Waals surface area contributed by atoms with Crippen LogP contribution in [0.4, 0.5) is 0 Å². The Morgan fingerprint density at radius 1 is 1.35 bits per heavy atom. The predicted molar refractivity (Wildman–Crippen MR) is 74.5 cm³/mol. The molecule has 6 heteroatoms. The molecule has 0 aromatic carbocycles. The van der Waals surface area contributed by atoms with E-state index in [4.69, 9.17) is 9.51 Å². The molecule has 110 valence electrons. The lowest BCUT2D eigenvalue weighted by molar-refractivity contribution is 0.00781. The third kappa shape index (κ3) is 1.89. The van der Waals surface area contributed by atoms with E-state index < -0.39 is 0 Å². The van der Waals surface area contributed by atoms with Gasteiger partial charge in [-0.25, -0.2) is 0 Å². The van der Waals surface area contributed by atoms with E-state index in [1.54, 1.807) is 0 Å². The van der Waals surface area contributed by atoms with Crippen LogP contribution in [0.25, 0.3) is 0 Å². The number of hydrogen-bond donors (Lipinski definition) is 1. The van der Waals surface area contributed by atoms with Gasteiger partial charge in [0.1, 0.15) is 0 Å². The van der Waals surface area contributed by atoms with Crippen molar-refractivity contribution in [1.82, 2.24) is 25.3 Å². The summed E-state index contributed by atoms with van der Waals surface area (Å²) in [6.07, 6.45) is 2.16. The van der Waals surface area contributed by atoms with Gasteiger partial charge in [-0.1, -0.05) is 12.1 Å². The van der Waals surface area contributed by atoms with E-state index in [-0.39, 0.29) is 5.41 Å². The summed E-state index contributed by atoms with van der Waals surface area (Å²) in [4.78, 5) is 9.80. The first-order chi connectivity index (χ1) is 9.81. The molecule has 1 aromatic rings. The maximum absolute atomic E-state index is 5.66. The van der Waals surface area contributed by atoms with Crippen molar-refractivity contribution in [2.24, 2.45) is 0 Å². The Morgan fingerprint density at radius 2 is 2.20 bits per heavy atom. The van der Waals surface area contributed by atoms with E-state index in [1.165, 1.54) is 13.1 Å². The molecular weight excluding hydrogens is 254 g/mol. The minimum absolute atomic E-state index is 0.0640. The van der Waals surface area contributed by atoms with Crippen molar-refractivity contribution in [1.29, 1.82) is 0 Å². The Bertz CT molecular complexity index is 474. The first kappa shape index (κ1) is 12.7. The van der Waals surface area contributed by atoms with Crippen LogP contribution in [0, 0.1) is 0 Å². The molecule has 4 saturated heterocycles. The summed E-state index contributed by atoms with van der Waals surface area (Å²) in [6, 6.07) is 0.332. The molecule has 4 aliphatic rings. The van der Waals surface area contributed by atoms with Crippen molar-refractivity contribution >= 4 is 0 Å². The van der Waals surface area contributed by atoms with Gasteiger partial charge >= 0.3 is 0 Å². The molecular formula is C14H23N5O. The first-order valence-electron chi connectivity index (χ1n) is 7.82. The van der Waals surface area contributed by atoms with E-state index in [0.717, 1.165) is 57.3 Å². The van der Waals surface area contributed by atoms with Crippen molar-refractivity contribution in [3.63, 3.8) is 0 Å². The third-order valence-electron chi connectivity index (χ3n) is 5.39. The predicted octanol–water partition coefficient (Wildman–Crippen LogP) is 0.383. The zero-order valence-corrected chi connectivity index (χ0v) is 12.1. The maximum Gasteiger partial charge on any atom is 0.234 e. The van der Waals surface area contributed by atoms with Gasteiger partial charge in [-0.05, 0) is 19.4 Å². The fourth-order valence-corrected chi connectivity index (χ4v) is 3.83. The second-order valence-electron chi connectivity index (χ2n) is 6.37. The number of fused-ring (bicyclic) bond motifs is 3. The standard InChI is InChI=1S/C14H23N5O/c1-2-14(3-4-15-10-14)13-16-12(17-20-13)11-9-18-5-7-19(11)8-6-18/h11,15H,2-10H2,1H3. The largest absolute Gasteiger partial charge is 0.339 e. The number of nitrogens with zero attached hydrogens (tertiary/aromatic N) is 4. The Morgan fingerprint density at radius 3 is 2.80 bits per heavy atom. The highest BCUT2D eigenvalue weighted by atomic mass is 16.5. The molecule has 2 bridgehead atoms. The van der Waals surface area contributed by atoms with Crippen LogP contribution >= 0.6 is 0 Å². The molecule has 5 heterocycles. The van der Waals surface area contributed by atoms with Gasteiger partial charge in [0.2, 0.25) is 5.89 Å². The van der Waals surface area contributed by atoms with E-state index >= 15 is 0 Å². The SMILES string of the molecule is CCC1(c2nc(C3CN4CCN3CC4)no2)CCNC1. The Hall–Kier alpha value is -0.980. The summed E-state index contributed by atoms with van der Waals surface area (Å²) in [5, 5.41) is 7.75. The monoisotopic (exact) mass is 277 g/mol. The second-order valence-corrected chi connectivity index (χ2v) is 6.37. The van der Waals surface area contributed by atoms with E-state index in [2.05, 4.69) is 27.2 Å². The number of piperazine rings is 3. The lowest BCUT2D eigenvalue weighted by atomic mass is 9.84. The van der Waals surface area contributed by atoms with Crippen LogP contribution in [0.2, 0.25) is 0 Å². The quantitative estimate of drug-likeness (QED) is 0.862. The topological polar surface area (TPSA) is 57.4 Å². The fraction of sp³-hybridized carbons (Fsp3) is 0.857. The van der Waals surface area contributed by atoms with Gasteiger partial charge in [-0.15, -0.1) is 0 Å². The number of hydrogen-bond acceptors (Lipinski definition) is 6. The van der Waals surface area contributed by atoms with Crippen LogP contribution in [0.3, 0.4) is 0 Å². The van der Waals surface area contributed by atoms with Crippen molar-refractivity contribution < 1.29 is 4.52 Å². The number of nitrogens with one attached hydrogen (secondary N) is 1. The minimum Gasteiger partial charge on any atom is -0.339 e. The van der Waals surface area contributed by atoms with Crippen LogP contribution in [-0.4, -0.2) is 65.8 Å². The molecule has 0 aliphatic carbocycles. The molecule has 20 heavy (non-hydrogen) atoms. The van der Waals surface area contributed by atoms with Crippen LogP contribution < -0.4 is 5.32 Å². The van der Waals surface area contributed by atoms with Gasteiger partial charge in [0.25, 0.3) is 0 Å². The van der Waals surface area contributed by atoms with E-state index in [9.17, 15) is 0 Å². The minimum atomic E-state index is 0.0640. The van der Waals surface area contributed by atoms with Gasteiger partial charge in [0.15, 0.2) is 5.82 Å². The van der Waals surface area contributed by atoms with Gasteiger partial charge in [-0.2, -0.15) is 4.98 Å². The van der Waals surface area contributed by atoms with Crippen LogP contribution in [-0.2, 0) is 5.41 Å². The molecule has 1 N–H and O–H groups in total. The normalized spacial score (nSPS) is 40.4. The van der Waals surface area contributed by atoms with E-state index in [0.29, 0.717) is 6.04 Å². The van der Waals surface area contributed by atoms with Crippen molar-refractivity contribution in [2.75, 3.05) is 45.8 Å². The summed E-state index contributed by atoms with van der Waals surface area (Å²) < 4.78 is 5.66. The summed E-state index contributed by atoms with van der Waals surface area (Å²) in [5.74, 6) is 1.74. The molecule has 4 fully saturated rings. The van der Waals surface area contributed by atoms with Gasteiger partial charge in [0, 0.05) is 39.3 Å². The maximum atomic E-state index is 5.66. The van der Waals surface area contributed by atoms with Crippen LogP contribution in [0.15, 0.2) is 4.52 Å². The number of aromatic nitrogens is 2. The molecule has 0 amide bonds. The summed E-state index contributed by atoms with van der Waals surface area (Å²) in [6.45, 7) is 9.92. The molecule has 6 nitrogen and oxygen atoms in total. The highest BCUT2D eigenvalue weighted by Gasteiger charge is 2.41. The van der Waals surface area contributed by atoms with Crippen LogP contribution in [0.1, 0.15) is 37.5 Å². The highest BCUT2D eigenvalue weighted by molar-refractivity contribution is 5.11. The highest BCUT2D eigenvalue weighted by Crippen LogP contribution is 2.34. The lowest BCUT2D eigenvalue weighted by Crippen LogP contribution is -2.57. The second kappa shape index (κ2) is 4.79. The molecule has 0 radical (unpaired) electrons. The zero-order chi connectivity index (χ0) is 13.6. The lowest BCUT2D eigenvalue weighted by Gasteiger charge is -2.46. The molecule has 0 spiro atoms. The van der Waals surface area contributed by atoms with Crippen molar-refractivity contribution in [2.45, 2.75) is 31.2 Å². The smallest absolute Gasteiger partial charge is 0.234 e. The van der Waals surface area contributed by atoms with Crippen LogP contribution in [0.5, 0.6) is 0 Å². The van der Waals surface area contributed by atoms with Crippen molar-refractivity contribution in [3.05, 3.63) is 11.7 Å². The Labute approximate surface area is 119 Å². The molecule has 0 saturated carbocycles. The molecule has 2 atom stereocenters. The molecule has 1 aromatic heterocycles.